The summed E-state index contributed by atoms with van der Waals surface area (Å²) in [6.45, 7) is 9.13. The first-order chi connectivity index (χ1) is 15.6. The number of piperidine rings is 1. The maximum Gasteiger partial charge on any atom is 0.243 e. The number of nitrogens with one attached hydrogen (secondary N) is 2. The number of ether oxygens (including phenoxy) is 1. The summed E-state index contributed by atoms with van der Waals surface area (Å²) in [6, 6.07) is 5.60. The van der Waals surface area contributed by atoms with E-state index in [1.54, 1.807) is 12.1 Å². The molecule has 186 valence electrons. The molecule has 2 rings (SSSR count). The highest BCUT2D eigenvalue weighted by Crippen LogP contribution is 2.25. The maximum atomic E-state index is 13.1. The van der Waals surface area contributed by atoms with Crippen LogP contribution in [-0.2, 0) is 19.6 Å². The third kappa shape index (κ3) is 7.43. The van der Waals surface area contributed by atoms with Gasteiger partial charge in [0.15, 0.2) is 0 Å². The Kier molecular flexibility index (Phi) is 10.2. The van der Waals surface area contributed by atoms with Crippen LogP contribution >= 0.6 is 0 Å². The first-order valence-corrected chi connectivity index (χ1v) is 13.3. The number of benzene rings is 1. The molecule has 2 amide bonds. The minimum Gasteiger partial charge on any atom is -0.497 e. The number of amides is 2. The molecule has 1 aromatic rings. The second-order valence-corrected chi connectivity index (χ2v) is 11.2. The molecule has 3 atom stereocenters. The van der Waals surface area contributed by atoms with E-state index in [1.807, 2.05) is 13.8 Å². The van der Waals surface area contributed by atoms with Gasteiger partial charge in [0.2, 0.25) is 21.8 Å². The number of carbonyl (C=O) groups excluding carboxylic acids is 2. The van der Waals surface area contributed by atoms with E-state index in [2.05, 4.69) is 24.5 Å². The van der Waals surface area contributed by atoms with Crippen LogP contribution in [-0.4, -0.2) is 57.3 Å². The monoisotopic (exact) mass is 481 g/mol. The van der Waals surface area contributed by atoms with Crippen LogP contribution in [0, 0.1) is 17.8 Å². The van der Waals surface area contributed by atoms with Crippen molar-refractivity contribution >= 4 is 21.8 Å². The Labute approximate surface area is 198 Å². The second kappa shape index (κ2) is 12.4. The van der Waals surface area contributed by atoms with Gasteiger partial charge < -0.3 is 15.4 Å². The van der Waals surface area contributed by atoms with Crippen LogP contribution in [0.2, 0.25) is 0 Å². The molecule has 0 radical (unpaired) electrons. The van der Waals surface area contributed by atoms with Crippen LogP contribution < -0.4 is 15.4 Å². The molecule has 0 aromatic heterocycles. The van der Waals surface area contributed by atoms with E-state index >= 15 is 0 Å². The number of rotatable bonds is 11. The molecule has 1 aliphatic rings. The highest BCUT2D eigenvalue weighted by Gasteiger charge is 2.35. The zero-order chi connectivity index (χ0) is 24.6. The summed E-state index contributed by atoms with van der Waals surface area (Å²) in [4.78, 5) is 26.0. The molecule has 1 aromatic carbocycles. The SMILES string of the molecule is CC[C@H](C)[C@H](NC(=O)[C@@H]1CCCN(S(=O)(=O)c2ccc(OC)cc2)C1)C(=O)NCCC(C)C. The van der Waals surface area contributed by atoms with Gasteiger partial charge in [-0.25, -0.2) is 8.42 Å². The van der Waals surface area contributed by atoms with Crippen molar-refractivity contribution < 1.29 is 22.7 Å². The van der Waals surface area contributed by atoms with Gasteiger partial charge in [0.05, 0.1) is 17.9 Å². The van der Waals surface area contributed by atoms with E-state index in [0.717, 1.165) is 12.8 Å². The summed E-state index contributed by atoms with van der Waals surface area (Å²) in [7, 11) is -2.20. The predicted molar refractivity (Wildman–Crippen MR) is 128 cm³/mol. The van der Waals surface area contributed by atoms with Crippen molar-refractivity contribution in [3.63, 3.8) is 0 Å². The summed E-state index contributed by atoms with van der Waals surface area (Å²) in [5, 5.41) is 5.84. The zero-order valence-electron chi connectivity index (χ0n) is 20.5. The standard InChI is InChI=1S/C24H39N3O5S/c1-6-18(4)22(24(29)25-14-13-17(2)3)26-23(28)19-8-7-15-27(16-19)33(30,31)21-11-9-20(32-5)10-12-21/h9-12,17-19,22H,6-8,13-16H2,1-5H3,(H,25,29)(H,26,28)/t18-,19+,22-/m0/s1. The van der Waals surface area contributed by atoms with Gasteiger partial charge in [0.1, 0.15) is 11.8 Å². The van der Waals surface area contributed by atoms with Crippen LogP contribution in [0.1, 0.15) is 53.4 Å². The number of nitrogens with zero attached hydrogens (tertiary/aromatic N) is 1. The fourth-order valence-corrected chi connectivity index (χ4v) is 5.36. The van der Waals surface area contributed by atoms with Crippen LogP contribution in [0.25, 0.3) is 0 Å². The smallest absolute Gasteiger partial charge is 0.243 e. The largest absolute Gasteiger partial charge is 0.497 e. The fraction of sp³-hybridized carbons (Fsp3) is 0.667. The molecule has 9 heteroatoms. The Bertz CT molecular complexity index is 886. The summed E-state index contributed by atoms with van der Waals surface area (Å²) < 4.78 is 32.7. The van der Waals surface area contributed by atoms with Crippen molar-refractivity contribution in [2.45, 2.75) is 64.3 Å². The average molecular weight is 482 g/mol. The number of hydrogen-bond donors (Lipinski definition) is 2. The molecule has 0 bridgehead atoms. The Balaban J connectivity index is 2.07. The van der Waals surface area contributed by atoms with Crippen molar-refractivity contribution in [1.82, 2.24) is 14.9 Å². The topological polar surface area (TPSA) is 105 Å². The van der Waals surface area contributed by atoms with Crippen molar-refractivity contribution in [3.05, 3.63) is 24.3 Å². The highest BCUT2D eigenvalue weighted by molar-refractivity contribution is 7.89. The Morgan fingerprint density at radius 2 is 1.85 bits per heavy atom. The van der Waals surface area contributed by atoms with Gasteiger partial charge in [-0.1, -0.05) is 34.1 Å². The number of methoxy groups -OCH3 is 1. The normalized spacial score (nSPS) is 19.0. The van der Waals surface area contributed by atoms with Gasteiger partial charge in [-0.05, 0) is 55.4 Å². The van der Waals surface area contributed by atoms with Crippen LogP contribution in [0.5, 0.6) is 5.75 Å². The van der Waals surface area contributed by atoms with Gasteiger partial charge >= 0.3 is 0 Å². The molecule has 2 N–H and O–H groups in total. The maximum absolute atomic E-state index is 13.1. The van der Waals surface area contributed by atoms with Crippen LogP contribution in [0.15, 0.2) is 29.2 Å². The Hall–Kier alpha value is -2.13. The van der Waals surface area contributed by atoms with Crippen molar-refractivity contribution in [3.8, 4) is 5.75 Å². The van der Waals surface area contributed by atoms with Gasteiger partial charge in [0.25, 0.3) is 0 Å². The zero-order valence-corrected chi connectivity index (χ0v) is 21.3. The molecule has 1 saturated heterocycles. The molecule has 8 nitrogen and oxygen atoms in total. The van der Waals surface area contributed by atoms with Crippen LogP contribution in [0.3, 0.4) is 0 Å². The fourth-order valence-electron chi connectivity index (χ4n) is 3.84. The van der Waals surface area contributed by atoms with Gasteiger partial charge in [0, 0.05) is 19.6 Å². The lowest BCUT2D eigenvalue weighted by Crippen LogP contribution is -2.54. The lowest BCUT2D eigenvalue weighted by Gasteiger charge is -2.33. The third-order valence-electron chi connectivity index (χ3n) is 6.27. The average Bonchev–Trinajstić information content (AvgIpc) is 2.81. The molecular weight excluding hydrogens is 442 g/mol. The van der Waals surface area contributed by atoms with Crippen molar-refractivity contribution in [1.29, 1.82) is 0 Å². The van der Waals surface area contributed by atoms with Crippen molar-refractivity contribution in [2.24, 2.45) is 17.8 Å². The third-order valence-corrected chi connectivity index (χ3v) is 8.15. The number of sulfonamides is 1. The minimum absolute atomic E-state index is 0.0317. The van der Waals surface area contributed by atoms with E-state index in [1.165, 1.54) is 23.5 Å². The summed E-state index contributed by atoms with van der Waals surface area (Å²) in [6.07, 6.45) is 2.78. The first kappa shape index (κ1) is 27.1. The van der Waals surface area contributed by atoms with E-state index in [-0.39, 0.29) is 29.2 Å². The quantitative estimate of drug-likeness (QED) is 0.506. The second-order valence-electron chi connectivity index (χ2n) is 9.22. The minimum atomic E-state index is -3.72. The molecule has 0 spiro atoms. The molecule has 33 heavy (non-hydrogen) atoms. The van der Waals surface area contributed by atoms with Gasteiger partial charge in [-0.3, -0.25) is 9.59 Å². The predicted octanol–water partition coefficient (Wildman–Crippen LogP) is 2.79. The lowest BCUT2D eigenvalue weighted by atomic mass is 9.94. The van der Waals surface area contributed by atoms with E-state index < -0.39 is 22.0 Å². The Morgan fingerprint density at radius 1 is 1.18 bits per heavy atom. The van der Waals surface area contributed by atoms with E-state index in [9.17, 15) is 18.0 Å². The van der Waals surface area contributed by atoms with E-state index in [0.29, 0.717) is 37.6 Å². The van der Waals surface area contributed by atoms with Gasteiger partial charge in [-0.15, -0.1) is 0 Å². The summed E-state index contributed by atoms with van der Waals surface area (Å²) in [5.74, 6) is 0.0683. The molecule has 0 saturated carbocycles. The van der Waals surface area contributed by atoms with Crippen LogP contribution in [0.4, 0.5) is 0 Å². The molecular formula is C24H39N3O5S. The molecule has 1 fully saturated rings. The Morgan fingerprint density at radius 3 is 2.42 bits per heavy atom. The molecule has 1 heterocycles. The lowest BCUT2D eigenvalue weighted by molar-refractivity contribution is -0.133. The summed E-state index contributed by atoms with van der Waals surface area (Å²) >= 11 is 0. The number of carbonyl (C=O) groups is 2. The highest BCUT2D eigenvalue weighted by atomic mass is 32.2. The summed E-state index contributed by atoms with van der Waals surface area (Å²) in [5.41, 5.74) is 0. The van der Waals surface area contributed by atoms with Crippen molar-refractivity contribution in [2.75, 3.05) is 26.7 Å². The van der Waals surface area contributed by atoms with E-state index in [4.69, 9.17) is 4.74 Å². The first-order valence-electron chi connectivity index (χ1n) is 11.8. The molecule has 0 unspecified atom stereocenters. The molecule has 0 aliphatic carbocycles. The van der Waals surface area contributed by atoms with Gasteiger partial charge in [-0.2, -0.15) is 4.31 Å². The number of hydrogen-bond acceptors (Lipinski definition) is 5. The molecule has 1 aliphatic heterocycles.